The highest BCUT2D eigenvalue weighted by atomic mass is 19.4. The Bertz CT molecular complexity index is 428. The van der Waals surface area contributed by atoms with Crippen molar-refractivity contribution >= 4 is 5.97 Å². The van der Waals surface area contributed by atoms with Crippen LogP contribution >= 0.6 is 0 Å². The van der Waals surface area contributed by atoms with Crippen LogP contribution in [0.2, 0.25) is 0 Å². The topological polar surface area (TPSA) is 66.8 Å². The van der Waals surface area contributed by atoms with Gasteiger partial charge in [0.05, 0.1) is 12.2 Å². The van der Waals surface area contributed by atoms with Gasteiger partial charge in [0, 0.05) is 0 Å². The third-order valence-electron chi connectivity index (χ3n) is 2.41. The Kier molecular flexibility index (Phi) is 4.90. The highest BCUT2D eigenvalue weighted by molar-refractivity contribution is 5.75. The molecule has 2 N–H and O–H groups in total. The molecule has 0 fully saturated rings. The predicted octanol–water partition coefficient (Wildman–Crippen LogP) is 1.66. The van der Waals surface area contributed by atoms with Gasteiger partial charge in [-0.1, -0.05) is 12.1 Å². The summed E-state index contributed by atoms with van der Waals surface area (Å²) < 4.78 is 41.5. The van der Waals surface area contributed by atoms with Gasteiger partial charge in [0.15, 0.2) is 6.10 Å². The van der Waals surface area contributed by atoms with Gasteiger partial charge in [0.2, 0.25) is 0 Å². The van der Waals surface area contributed by atoms with Gasteiger partial charge in [-0.3, -0.25) is 0 Å². The molecule has 106 valence electrons. The number of carbonyl (C=O) groups is 1. The number of aliphatic hydroxyl groups is 2. The fourth-order valence-electron chi connectivity index (χ4n) is 1.41. The first-order valence-corrected chi connectivity index (χ1v) is 5.47. The van der Waals surface area contributed by atoms with Crippen molar-refractivity contribution in [3.05, 3.63) is 35.4 Å². The van der Waals surface area contributed by atoms with E-state index in [1.807, 2.05) is 0 Å². The van der Waals surface area contributed by atoms with Crippen LogP contribution in [0.25, 0.3) is 0 Å². The fraction of sp³-hybridized carbons (Fsp3) is 0.417. The van der Waals surface area contributed by atoms with E-state index in [0.29, 0.717) is 0 Å². The quantitative estimate of drug-likeness (QED) is 0.822. The third kappa shape index (κ3) is 3.93. The SMILES string of the molecule is CCOC(=O)C(O)C(O)c1ccc(C(F)(F)F)cc1. The molecule has 1 aromatic carbocycles. The van der Waals surface area contributed by atoms with Crippen LogP contribution in [0.1, 0.15) is 24.2 Å². The zero-order chi connectivity index (χ0) is 14.6. The van der Waals surface area contributed by atoms with Crippen LogP contribution in [0.15, 0.2) is 24.3 Å². The van der Waals surface area contributed by atoms with Gasteiger partial charge in [0.1, 0.15) is 6.10 Å². The molecule has 0 aromatic heterocycles. The summed E-state index contributed by atoms with van der Waals surface area (Å²) in [5, 5.41) is 19.1. The van der Waals surface area contributed by atoms with Crippen molar-refractivity contribution in [1.82, 2.24) is 0 Å². The van der Waals surface area contributed by atoms with Crippen molar-refractivity contribution in [2.75, 3.05) is 6.61 Å². The standard InChI is InChI=1S/C12H13F3O4/c1-2-19-11(18)10(17)9(16)7-3-5-8(6-4-7)12(13,14)15/h3-6,9-10,16-17H,2H2,1H3. The summed E-state index contributed by atoms with van der Waals surface area (Å²) in [6.07, 6.45) is -7.96. The van der Waals surface area contributed by atoms with E-state index in [4.69, 9.17) is 0 Å². The first-order valence-electron chi connectivity index (χ1n) is 5.47. The molecule has 1 rings (SSSR count). The molecular weight excluding hydrogens is 265 g/mol. The van der Waals surface area contributed by atoms with Crippen LogP contribution in [-0.4, -0.2) is 28.9 Å². The number of ether oxygens (including phenoxy) is 1. The molecule has 0 amide bonds. The molecule has 2 atom stereocenters. The third-order valence-corrected chi connectivity index (χ3v) is 2.41. The van der Waals surface area contributed by atoms with Gasteiger partial charge in [-0.2, -0.15) is 13.2 Å². The number of alkyl halides is 3. The number of hydrogen-bond acceptors (Lipinski definition) is 4. The molecule has 0 aliphatic rings. The van der Waals surface area contributed by atoms with Gasteiger partial charge in [-0.25, -0.2) is 4.79 Å². The lowest BCUT2D eigenvalue weighted by Gasteiger charge is -2.17. The maximum atomic E-state index is 12.3. The highest BCUT2D eigenvalue weighted by Crippen LogP contribution is 2.30. The van der Waals surface area contributed by atoms with Crippen molar-refractivity contribution in [3.63, 3.8) is 0 Å². The van der Waals surface area contributed by atoms with Gasteiger partial charge >= 0.3 is 12.1 Å². The van der Waals surface area contributed by atoms with E-state index in [9.17, 15) is 28.2 Å². The van der Waals surface area contributed by atoms with Crippen LogP contribution in [0, 0.1) is 0 Å². The van der Waals surface area contributed by atoms with E-state index in [-0.39, 0.29) is 12.2 Å². The summed E-state index contributed by atoms with van der Waals surface area (Å²) in [6.45, 7) is 1.55. The molecule has 1 aromatic rings. The summed E-state index contributed by atoms with van der Waals surface area (Å²) in [5.41, 5.74) is -0.886. The molecule has 0 aliphatic heterocycles. The highest BCUT2D eigenvalue weighted by Gasteiger charge is 2.31. The second-order valence-electron chi connectivity index (χ2n) is 3.76. The zero-order valence-corrected chi connectivity index (χ0v) is 10.0. The van der Waals surface area contributed by atoms with E-state index >= 15 is 0 Å². The number of esters is 1. The van der Waals surface area contributed by atoms with E-state index in [0.717, 1.165) is 24.3 Å². The second-order valence-corrected chi connectivity index (χ2v) is 3.76. The average molecular weight is 278 g/mol. The lowest BCUT2D eigenvalue weighted by molar-refractivity contribution is -0.159. The van der Waals surface area contributed by atoms with E-state index in [1.165, 1.54) is 6.92 Å². The normalized spacial score (nSPS) is 14.8. The summed E-state index contributed by atoms with van der Waals surface area (Å²) in [7, 11) is 0. The molecule has 0 aliphatic carbocycles. The lowest BCUT2D eigenvalue weighted by atomic mass is 10.0. The largest absolute Gasteiger partial charge is 0.464 e. The minimum absolute atomic E-state index is 0.00597. The number of rotatable bonds is 4. The van der Waals surface area contributed by atoms with Crippen LogP contribution in [0.5, 0.6) is 0 Å². The smallest absolute Gasteiger partial charge is 0.416 e. The molecule has 19 heavy (non-hydrogen) atoms. The van der Waals surface area contributed by atoms with Crippen molar-refractivity contribution in [3.8, 4) is 0 Å². The van der Waals surface area contributed by atoms with E-state index < -0.39 is 29.9 Å². The molecule has 4 nitrogen and oxygen atoms in total. The van der Waals surface area contributed by atoms with Crippen molar-refractivity contribution in [2.24, 2.45) is 0 Å². The Morgan fingerprint density at radius 3 is 2.21 bits per heavy atom. The lowest BCUT2D eigenvalue weighted by Crippen LogP contribution is -2.29. The van der Waals surface area contributed by atoms with E-state index in [2.05, 4.69) is 4.74 Å². The number of hydrogen-bond donors (Lipinski definition) is 2. The van der Waals surface area contributed by atoms with E-state index in [1.54, 1.807) is 0 Å². The summed E-state index contributed by atoms with van der Waals surface area (Å²) in [5.74, 6) is -1.03. The number of carbonyl (C=O) groups excluding carboxylic acids is 1. The molecule has 0 saturated heterocycles. The Morgan fingerprint density at radius 2 is 1.79 bits per heavy atom. The second kappa shape index (κ2) is 6.03. The Morgan fingerprint density at radius 1 is 1.26 bits per heavy atom. The van der Waals surface area contributed by atoms with Crippen molar-refractivity contribution in [1.29, 1.82) is 0 Å². The fourth-order valence-corrected chi connectivity index (χ4v) is 1.41. The first-order chi connectivity index (χ1) is 8.77. The number of halogens is 3. The molecular formula is C12H13F3O4. The van der Waals surface area contributed by atoms with Gasteiger partial charge < -0.3 is 14.9 Å². The first kappa shape index (κ1) is 15.5. The van der Waals surface area contributed by atoms with Crippen LogP contribution in [0.3, 0.4) is 0 Å². The van der Waals surface area contributed by atoms with Crippen LogP contribution < -0.4 is 0 Å². The summed E-state index contributed by atoms with van der Waals surface area (Å²) >= 11 is 0. The average Bonchev–Trinajstić information content (AvgIpc) is 2.36. The molecule has 7 heteroatoms. The molecule has 0 spiro atoms. The molecule has 0 heterocycles. The molecule has 0 bridgehead atoms. The van der Waals surface area contributed by atoms with Crippen LogP contribution in [-0.2, 0) is 15.7 Å². The summed E-state index contributed by atoms with van der Waals surface area (Å²) in [4.78, 5) is 11.2. The number of aliphatic hydroxyl groups excluding tert-OH is 2. The Hall–Kier alpha value is -1.60. The Balaban J connectivity index is 2.83. The summed E-state index contributed by atoms with van der Waals surface area (Å²) in [6, 6.07) is 3.51. The Labute approximate surface area is 107 Å². The minimum atomic E-state index is -4.48. The minimum Gasteiger partial charge on any atom is -0.464 e. The molecule has 2 unspecified atom stereocenters. The maximum Gasteiger partial charge on any atom is 0.416 e. The van der Waals surface area contributed by atoms with Crippen LogP contribution in [0.4, 0.5) is 13.2 Å². The van der Waals surface area contributed by atoms with Crippen molar-refractivity contribution < 1.29 is 32.9 Å². The molecule has 0 radical (unpaired) electrons. The van der Waals surface area contributed by atoms with Gasteiger partial charge in [-0.15, -0.1) is 0 Å². The predicted molar refractivity (Wildman–Crippen MR) is 59.0 cm³/mol. The van der Waals surface area contributed by atoms with Crippen molar-refractivity contribution in [2.45, 2.75) is 25.3 Å². The maximum absolute atomic E-state index is 12.3. The van der Waals surface area contributed by atoms with Gasteiger partial charge in [-0.05, 0) is 24.6 Å². The molecule has 0 saturated carbocycles. The monoisotopic (exact) mass is 278 g/mol. The zero-order valence-electron chi connectivity index (χ0n) is 10.0. The van der Waals surface area contributed by atoms with Gasteiger partial charge in [0.25, 0.3) is 0 Å². The number of benzene rings is 1.